The van der Waals surface area contributed by atoms with Crippen LogP contribution in [-0.2, 0) is 32.1 Å². The monoisotopic (exact) mass is 610 g/mol. The summed E-state index contributed by atoms with van der Waals surface area (Å²) in [4.78, 5) is 42.6. The van der Waals surface area contributed by atoms with E-state index in [9.17, 15) is 14.4 Å². The van der Waals surface area contributed by atoms with Gasteiger partial charge in [-0.15, -0.1) is 0 Å². The molecule has 0 spiro atoms. The van der Waals surface area contributed by atoms with Gasteiger partial charge in [0.25, 0.3) is 0 Å². The number of nitrogens with one attached hydrogen (secondary N) is 1. The van der Waals surface area contributed by atoms with Gasteiger partial charge in [0.05, 0.1) is 28.9 Å². The van der Waals surface area contributed by atoms with Crippen LogP contribution in [0.25, 0.3) is 0 Å². The molecular weight excluding hydrogens is 575 g/mol. The van der Waals surface area contributed by atoms with Crippen molar-refractivity contribution in [3.63, 3.8) is 0 Å². The molecule has 1 fully saturated rings. The Morgan fingerprint density at radius 2 is 1.69 bits per heavy atom. The van der Waals surface area contributed by atoms with E-state index in [0.717, 1.165) is 42.6 Å². The van der Waals surface area contributed by atoms with Gasteiger partial charge in [0.1, 0.15) is 12.6 Å². The minimum Gasteiger partial charge on any atom is -0.460 e. The van der Waals surface area contributed by atoms with Crippen LogP contribution in [0.15, 0.2) is 72.8 Å². The number of carbonyl (C=O) groups excluding carboxylic acids is 3. The number of ether oxygens (including phenoxy) is 1. The summed E-state index contributed by atoms with van der Waals surface area (Å²) in [5.41, 5.74) is 9.01. The lowest BCUT2D eigenvalue weighted by atomic mass is 10.0. The molecule has 0 bridgehead atoms. The molecule has 0 aromatic heterocycles. The Hall–Kier alpha value is -3.43. The molecule has 0 aliphatic carbocycles. The molecule has 1 saturated heterocycles. The van der Waals surface area contributed by atoms with E-state index >= 15 is 0 Å². The molecule has 2 atom stereocenters. The Morgan fingerprint density at radius 3 is 2.40 bits per heavy atom. The highest BCUT2D eigenvalue weighted by atomic mass is 35.5. The first kappa shape index (κ1) is 31.5. The van der Waals surface area contributed by atoms with Crippen molar-refractivity contribution in [3.05, 3.63) is 99.5 Å². The third-order valence-corrected chi connectivity index (χ3v) is 8.06. The lowest BCUT2D eigenvalue weighted by Crippen LogP contribution is -2.39. The van der Waals surface area contributed by atoms with E-state index < -0.39 is 17.9 Å². The highest BCUT2D eigenvalue weighted by Crippen LogP contribution is 2.27. The van der Waals surface area contributed by atoms with Crippen molar-refractivity contribution in [2.75, 3.05) is 32.0 Å². The average molecular weight is 612 g/mol. The van der Waals surface area contributed by atoms with Crippen molar-refractivity contribution in [3.8, 4) is 0 Å². The molecule has 0 radical (unpaired) electrons. The predicted octanol–water partition coefficient (Wildman–Crippen LogP) is 5.23. The van der Waals surface area contributed by atoms with Crippen LogP contribution in [0.4, 0.5) is 5.69 Å². The molecule has 1 aliphatic heterocycles. The molecule has 222 valence electrons. The van der Waals surface area contributed by atoms with Crippen molar-refractivity contribution in [2.45, 2.75) is 44.4 Å². The number of carbonyl (C=O) groups is 3. The summed E-state index contributed by atoms with van der Waals surface area (Å²) < 4.78 is 5.26. The van der Waals surface area contributed by atoms with E-state index in [0.29, 0.717) is 22.3 Å². The van der Waals surface area contributed by atoms with E-state index in [1.54, 1.807) is 36.2 Å². The SMILES string of the molecule is CN(C(=O)Cc1ccc(Cl)c(Cl)c1)[C@H](CN1CCCC1)c1cccc(NC(=O)C[C@H](N)C(=O)OCc2ccccc2)c1. The number of hydrogen-bond donors (Lipinski definition) is 2. The molecule has 4 rings (SSSR count). The van der Waals surface area contributed by atoms with E-state index in [-0.39, 0.29) is 31.4 Å². The zero-order valence-corrected chi connectivity index (χ0v) is 25.1. The van der Waals surface area contributed by atoms with Crippen LogP contribution in [0.2, 0.25) is 10.0 Å². The third kappa shape index (κ3) is 9.03. The first-order valence-corrected chi connectivity index (χ1v) is 14.7. The van der Waals surface area contributed by atoms with E-state index in [1.165, 1.54) is 0 Å². The van der Waals surface area contributed by atoms with Gasteiger partial charge in [-0.2, -0.15) is 0 Å². The van der Waals surface area contributed by atoms with Crippen LogP contribution in [0.3, 0.4) is 0 Å². The number of benzene rings is 3. The quantitative estimate of drug-likeness (QED) is 0.272. The van der Waals surface area contributed by atoms with Crippen molar-refractivity contribution >= 4 is 46.7 Å². The molecular formula is C32H36Cl2N4O4. The van der Waals surface area contributed by atoms with Crippen LogP contribution in [-0.4, -0.2) is 60.3 Å². The first-order chi connectivity index (χ1) is 20.2. The summed E-state index contributed by atoms with van der Waals surface area (Å²) in [7, 11) is 1.80. The predicted molar refractivity (Wildman–Crippen MR) is 165 cm³/mol. The smallest absolute Gasteiger partial charge is 0.323 e. The number of likely N-dealkylation sites (tertiary alicyclic amines) is 1. The van der Waals surface area contributed by atoms with E-state index in [2.05, 4.69) is 10.2 Å². The molecule has 1 aliphatic rings. The van der Waals surface area contributed by atoms with Gasteiger partial charge in [0, 0.05) is 19.3 Å². The third-order valence-electron chi connectivity index (χ3n) is 7.32. The van der Waals surface area contributed by atoms with Gasteiger partial charge in [-0.3, -0.25) is 14.4 Å². The van der Waals surface area contributed by atoms with Gasteiger partial charge in [-0.1, -0.05) is 71.7 Å². The van der Waals surface area contributed by atoms with Crippen LogP contribution < -0.4 is 11.1 Å². The Bertz CT molecular complexity index is 1380. The summed E-state index contributed by atoms with van der Waals surface area (Å²) in [6.45, 7) is 2.70. The molecule has 8 nitrogen and oxygen atoms in total. The zero-order chi connectivity index (χ0) is 30.1. The van der Waals surface area contributed by atoms with Crippen molar-refractivity contribution < 1.29 is 19.1 Å². The zero-order valence-electron chi connectivity index (χ0n) is 23.6. The van der Waals surface area contributed by atoms with Crippen molar-refractivity contribution in [1.29, 1.82) is 0 Å². The fraction of sp³-hybridized carbons (Fsp3) is 0.344. The van der Waals surface area contributed by atoms with Crippen LogP contribution in [0.5, 0.6) is 0 Å². The van der Waals surface area contributed by atoms with Crippen LogP contribution in [0, 0.1) is 0 Å². The van der Waals surface area contributed by atoms with Gasteiger partial charge in [0.15, 0.2) is 0 Å². The summed E-state index contributed by atoms with van der Waals surface area (Å²) >= 11 is 12.2. The number of likely N-dealkylation sites (N-methyl/N-ethyl adjacent to an activating group) is 1. The topological polar surface area (TPSA) is 105 Å². The molecule has 1 heterocycles. The largest absolute Gasteiger partial charge is 0.460 e. The first-order valence-electron chi connectivity index (χ1n) is 14.0. The second-order valence-corrected chi connectivity index (χ2v) is 11.3. The Morgan fingerprint density at radius 1 is 0.952 bits per heavy atom. The Balaban J connectivity index is 1.41. The van der Waals surface area contributed by atoms with Gasteiger partial charge >= 0.3 is 5.97 Å². The fourth-order valence-electron chi connectivity index (χ4n) is 4.94. The summed E-state index contributed by atoms with van der Waals surface area (Å²) in [6, 6.07) is 20.5. The lowest BCUT2D eigenvalue weighted by Gasteiger charge is -2.32. The molecule has 10 heteroatoms. The fourth-order valence-corrected chi connectivity index (χ4v) is 5.26. The highest BCUT2D eigenvalue weighted by molar-refractivity contribution is 6.42. The Labute approximate surface area is 256 Å². The van der Waals surface area contributed by atoms with Crippen LogP contribution in [0.1, 0.15) is 42.0 Å². The minimum atomic E-state index is -1.09. The second kappa shape index (κ2) is 15.2. The Kier molecular flexibility index (Phi) is 11.4. The number of halogens is 2. The minimum absolute atomic E-state index is 0.0630. The normalized spacial score (nSPS) is 14.7. The highest BCUT2D eigenvalue weighted by Gasteiger charge is 2.26. The molecule has 3 N–H and O–H groups in total. The van der Waals surface area contributed by atoms with E-state index in [1.807, 2.05) is 48.5 Å². The van der Waals surface area contributed by atoms with Gasteiger partial charge in [-0.25, -0.2) is 0 Å². The van der Waals surface area contributed by atoms with E-state index in [4.69, 9.17) is 33.7 Å². The molecule has 3 aromatic carbocycles. The second-order valence-electron chi connectivity index (χ2n) is 10.5. The maximum atomic E-state index is 13.4. The molecule has 2 amide bonds. The number of hydrogen-bond acceptors (Lipinski definition) is 6. The number of amides is 2. The number of esters is 1. The number of rotatable bonds is 12. The number of nitrogens with two attached hydrogens (primary N) is 1. The van der Waals surface area contributed by atoms with Crippen molar-refractivity contribution in [1.82, 2.24) is 9.80 Å². The summed E-state index contributed by atoms with van der Waals surface area (Å²) in [5.74, 6) is -1.11. The maximum absolute atomic E-state index is 13.4. The van der Waals surface area contributed by atoms with Crippen LogP contribution >= 0.6 is 23.2 Å². The van der Waals surface area contributed by atoms with Gasteiger partial charge < -0.3 is 25.6 Å². The average Bonchev–Trinajstić information content (AvgIpc) is 3.50. The molecule has 3 aromatic rings. The molecule has 0 unspecified atom stereocenters. The number of anilines is 1. The lowest BCUT2D eigenvalue weighted by molar-refractivity contribution is -0.147. The van der Waals surface area contributed by atoms with Gasteiger partial charge in [-0.05, 0) is 66.9 Å². The van der Waals surface area contributed by atoms with Crippen molar-refractivity contribution in [2.24, 2.45) is 5.73 Å². The number of nitrogens with zero attached hydrogens (tertiary/aromatic N) is 2. The standard InChI is InChI=1S/C32H36Cl2N4O4/c1-37(31(40)17-23-12-13-26(33)27(34)16-23)29(20-38-14-5-6-15-38)24-10-7-11-25(18-24)36-30(39)19-28(35)32(41)42-21-22-8-3-2-4-9-22/h2-4,7-13,16,18,28-29H,5-6,14-15,17,19-21,35H2,1H3,(H,36,39)/t28-,29+/m0/s1. The van der Waals surface area contributed by atoms with Gasteiger partial charge in [0.2, 0.25) is 11.8 Å². The summed E-state index contributed by atoms with van der Waals surface area (Å²) in [6.07, 6.45) is 2.20. The summed E-state index contributed by atoms with van der Waals surface area (Å²) in [5, 5.41) is 3.69. The molecule has 0 saturated carbocycles. The maximum Gasteiger partial charge on any atom is 0.323 e. The molecule has 42 heavy (non-hydrogen) atoms.